The second kappa shape index (κ2) is 5.47. The Hall–Kier alpha value is -1.77. The van der Waals surface area contributed by atoms with Gasteiger partial charge in [-0.1, -0.05) is 19.9 Å². The van der Waals surface area contributed by atoms with E-state index in [1.54, 1.807) is 7.11 Å². The molecule has 0 bridgehead atoms. The van der Waals surface area contributed by atoms with E-state index in [0.717, 1.165) is 29.7 Å². The average Bonchev–Trinajstić information content (AvgIpc) is 3.19. The molecule has 1 aromatic carbocycles. The predicted molar refractivity (Wildman–Crippen MR) is 75.4 cm³/mol. The van der Waals surface area contributed by atoms with Crippen LogP contribution in [0.2, 0.25) is 0 Å². The molecule has 1 N–H and O–H groups in total. The molecule has 0 heterocycles. The minimum Gasteiger partial charge on any atom is -0.496 e. The third kappa shape index (κ3) is 3.16. The fourth-order valence-corrected chi connectivity index (χ4v) is 2.25. The van der Waals surface area contributed by atoms with E-state index < -0.39 is 5.97 Å². The van der Waals surface area contributed by atoms with Gasteiger partial charge in [0.05, 0.1) is 7.11 Å². The van der Waals surface area contributed by atoms with Crippen LogP contribution in [0.3, 0.4) is 0 Å². The topological polar surface area (TPSA) is 46.5 Å². The number of rotatable bonds is 5. The summed E-state index contributed by atoms with van der Waals surface area (Å²) in [6.07, 6.45) is 3.46. The molecule has 3 nitrogen and oxygen atoms in total. The zero-order valence-corrected chi connectivity index (χ0v) is 11.6. The summed E-state index contributed by atoms with van der Waals surface area (Å²) in [4.78, 5) is 11.0. The van der Waals surface area contributed by atoms with E-state index in [1.165, 1.54) is 11.6 Å². The average molecular weight is 260 g/mol. The molecule has 0 amide bonds. The van der Waals surface area contributed by atoms with Gasteiger partial charge < -0.3 is 9.84 Å². The van der Waals surface area contributed by atoms with Gasteiger partial charge >= 0.3 is 5.97 Å². The van der Waals surface area contributed by atoms with Crippen molar-refractivity contribution in [1.82, 2.24) is 0 Å². The number of methoxy groups -OCH3 is 1. The molecular formula is C16H20O3. The first-order valence-electron chi connectivity index (χ1n) is 6.65. The Morgan fingerprint density at radius 3 is 2.58 bits per heavy atom. The van der Waals surface area contributed by atoms with E-state index >= 15 is 0 Å². The maximum absolute atomic E-state index is 11.0. The maximum atomic E-state index is 11.0. The molecule has 0 aromatic heterocycles. The summed E-state index contributed by atoms with van der Waals surface area (Å²) >= 11 is 0. The van der Waals surface area contributed by atoms with Crippen molar-refractivity contribution in [2.45, 2.75) is 32.6 Å². The summed E-state index contributed by atoms with van der Waals surface area (Å²) in [7, 11) is 1.62. The fraction of sp³-hybridized carbons (Fsp3) is 0.438. The normalized spacial score (nSPS) is 15.7. The molecule has 102 valence electrons. The molecular weight excluding hydrogens is 240 g/mol. The van der Waals surface area contributed by atoms with E-state index in [1.807, 2.05) is 12.1 Å². The Balaban J connectivity index is 2.50. The van der Waals surface area contributed by atoms with Gasteiger partial charge in [-0.2, -0.15) is 0 Å². The van der Waals surface area contributed by atoms with Gasteiger partial charge in [-0.05, 0) is 47.9 Å². The van der Waals surface area contributed by atoms with Gasteiger partial charge in [0.15, 0.2) is 0 Å². The molecule has 0 unspecified atom stereocenters. The Kier molecular flexibility index (Phi) is 3.93. The van der Waals surface area contributed by atoms with Crippen molar-refractivity contribution in [1.29, 1.82) is 0 Å². The first kappa shape index (κ1) is 13.7. The highest BCUT2D eigenvalue weighted by Gasteiger charge is 2.29. The van der Waals surface area contributed by atoms with Crippen LogP contribution >= 0.6 is 0 Å². The number of ether oxygens (including phenoxy) is 1. The van der Waals surface area contributed by atoms with Crippen molar-refractivity contribution >= 4 is 11.5 Å². The number of allylic oxidation sites excluding steroid dienone is 1. The van der Waals surface area contributed by atoms with Crippen LogP contribution < -0.4 is 4.74 Å². The Labute approximate surface area is 113 Å². The number of hydrogen-bond donors (Lipinski definition) is 1. The molecule has 1 aromatic rings. The van der Waals surface area contributed by atoms with Crippen LogP contribution in [0.25, 0.3) is 5.57 Å². The monoisotopic (exact) mass is 260 g/mol. The molecule has 1 fully saturated rings. The van der Waals surface area contributed by atoms with Crippen LogP contribution in [0.1, 0.15) is 43.7 Å². The third-order valence-electron chi connectivity index (χ3n) is 3.50. The van der Waals surface area contributed by atoms with Crippen molar-refractivity contribution in [3.8, 4) is 5.75 Å². The first-order valence-corrected chi connectivity index (χ1v) is 6.65. The van der Waals surface area contributed by atoms with Gasteiger partial charge in [-0.3, -0.25) is 0 Å². The van der Waals surface area contributed by atoms with E-state index in [2.05, 4.69) is 19.9 Å². The van der Waals surface area contributed by atoms with Crippen molar-refractivity contribution < 1.29 is 14.6 Å². The molecule has 0 atom stereocenters. The summed E-state index contributed by atoms with van der Waals surface area (Å²) in [6, 6.07) is 6.04. The van der Waals surface area contributed by atoms with Gasteiger partial charge in [-0.15, -0.1) is 0 Å². The fourth-order valence-electron chi connectivity index (χ4n) is 2.25. The second-order valence-electron chi connectivity index (χ2n) is 5.33. The largest absolute Gasteiger partial charge is 0.496 e. The second-order valence-corrected chi connectivity index (χ2v) is 5.33. The van der Waals surface area contributed by atoms with E-state index in [0.29, 0.717) is 11.8 Å². The van der Waals surface area contributed by atoms with Gasteiger partial charge in [0.2, 0.25) is 0 Å². The highest BCUT2D eigenvalue weighted by Crippen LogP contribution is 2.45. The smallest absolute Gasteiger partial charge is 0.328 e. The van der Waals surface area contributed by atoms with E-state index in [-0.39, 0.29) is 0 Å². The quantitative estimate of drug-likeness (QED) is 0.821. The number of benzene rings is 1. The minimum absolute atomic E-state index is 0.368. The number of hydrogen-bond acceptors (Lipinski definition) is 2. The lowest BCUT2D eigenvalue weighted by molar-refractivity contribution is -0.131. The summed E-state index contributed by atoms with van der Waals surface area (Å²) < 4.78 is 5.39. The predicted octanol–water partition coefficient (Wildman–Crippen LogP) is 3.70. The molecule has 19 heavy (non-hydrogen) atoms. The van der Waals surface area contributed by atoms with Crippen molar-refractivity contribution in [2.75, 3.05) is 7.11 Å². The van der Waals surface area contributed by atoms with Crippen molar-refractivity contribution in [3.05, 3.63) is 35.4 Å². The standard InChI is InChI=1S/C16H20O3/c1-10(2)12-6-7-15(19-3)14(8-12)13(9-16(17)18)11-4-5-11/h6-11H,4-5H2,1-3H3,(H,17,18)/b13-9+. The van der Waals surface area contributed by atoms with E-state index in [9.17, 15) is 4.79 Å². The van der Waals surface area contributed by atoms with Crippen LogP contribution in [0.4, 0.5) is 0 Å². The number of carbonyl (C=O) groups is 1. The number of carboxylic acid groups (broad SMARTS) is 1. The molecule has 0 aliphatic heterocycles. The SMILES string of the molecule is COc1ccc(C(C)C)cc1/C(=C/C(=O)O)C1CC1. The molecule has 2 rings (SSSR count). The zero-order valence-electron chi connectivity index (χ0n) is 11.6. The molecule has 0 spiro atoms. The molecule has 0 radical (unpaired) electrons. The van der Waals surface area contributed by atoms with Crippen LogP contribution in [0.5, 0.6) is 5.75 Å². The van der Waals surface area contributed by atoms with Crippen LogP contribution in [-0.2, 0) is 4.79 Å². The van der Waals surface area contributed by atoms with Crippen molar-refractivity contribution in [3.63, 3.8) is 0 Å². The third-order valence-corrected chi connectivity index (χ3v) is 3.50. The Bertz CT molecular complexity index is 511. The lowest BCUT2D eigenvalue weighted by Crippen LogP contribution is -1.99. The van der Waals surface area contributed by atoms with Gasteiger partial charge in [0.25, 0.3) is 0 Å². The van der Waals surface area contributed by atoms with Crippen LogP contribution in [-0.4, -0.2) is 18.2 Å². The molecule has 3 heteroatoms. The van der Waals surface area contributed by atoms with E-state index in [4.69, 9.17) is 9.84 Å². The molecule has 0 saturated heterocycles. The van der Waals surface area contributed by atoms with Gasteiger partial charge in [0, 0.05) is 11.6 Å². The summed E-state index contributed by atoms with van der Waals surface area (Å²) in [6.45, 7) is 4.26. The summed E-state index contributed by atoms with van der Waals surface area (Å²) in [5.74, 6) is 0.644. The van der Waals surface area contributed by atoms with Gasteiger partial charge in [0.1, 0.15) is 5.75 Å². The molecule has 1 saturated carbocycles. The summed E-state index contributed by atoms with van der Waals surface area (Å²) in [5, 5.41) is 9.05. The van der Waals surface area contributed by atoms with Crippen LogP contribution in [0, 0.1) is 5.92 Å². The lowest BCUT2D eigenvalue weighted by Gasteiger charge is -2.15. The maximum Gasteiger partial charge on any atom is 0.328 e. The number of aliphatic carboxylic acids is 1. The highest BCUT2D eigenvalue weighted by atomic mass is 16.5. The van der Waals surface area contributed by atoms with Gasteiger partial charge in [-0.25, -0.2) is 4.79 Å². The van der Waals surface area contributed by atoms with Crippen molar-refractivity contribution in [2.24, 2.45) is 5.92 Å². The first-order chi connectivity index (χ1) is 9.02. The Morgan fingerprint density at radius 1 is 1.42 bits per heavy atom. The highest BCUT2D eigenvalue weighted by molar-refractivity contribution is 5.92. The Morgan fingerprint density at radius 2 is 2.11 bits per heavy atom. The summed E-state index contributed by atoms with van der Waals surface area (Å²) in [5.41, 5.74) is 3.03. The zero-order chi connectivity index (χ0) is 14.0. The minimum atomic E-state index is -0.890. The molecule has 1 aliphatic rings. The van der Waals surface area contributed by atoms with Crippen LogP contribution in [0.15, 0.2) is 24.3 Å². The molecule has 1 aliphatic carbocycles. The number of carboxylic acids is 1. The lowest BCUT2D eigenvalue weighted by atomic mass is 9.94.